The van der Waals surface area contributed by atoms with Crippen molar-refractivity contribution in [3.63, 3.8) is 0 Å². The molecule has 0 aliphatic rings. The molecule has 4 N–H and O–H groups in total. The third-order valence-corrected chi connectivity index (χ3v) is 3.20. The number of aromatic nitrogens is 2. The van der Waals surface area contributed by atoms with Crippen molar-refractivity contribution in [2.75, 3.05) is 17.3 Å². The summed E-state index contributed by atoms with van der Waals surface area (Å²) in [6, 6.07) is 5.47. The number of aromatic carboxylic acids is 1. The number of carbonyl (C=O) groups is 1. The van der Waals surface area contributed by atoms with Crippen molar-refractivity contribution in [3.8, 4) is 0 Å². The van der Waals surface area contributed by atoms with E-state index in [0.29, 0.717) is 16.5 Å². The highest BCUT2D eigenvalue weighted by Gasteiger charge is 2.14. The number of nitrogens with zero attached hydrogens (tertiary/aromatic N) is 2. The Bertz CT molecular complexity index is 661. The number of nitrogens with two attached hydrogens (primary N) is 1. The maximum absolute atomic E-state index is 11.2. The van der Waals surface area contributed by atoms with Gasteiger partial charge in [0.2, 0.25) is 0 Å². The zero-order valence-corrected chi connectivity index (χ0v) is 11.9. The third-order valence-electron chi connectivity index (χ3n) is 2.64. The molecule has 0 spiro atoms. The number of carboxylic acids is 1. The van der Waals surface area contributed by atoms with Crippen molar-refractivity contribution in [1.82, 2.24) is 9.97 Å². The maximum atomic E-state index is 11.2. The van der Waals surface area contributed by atoms with E-state index in [-0.39, 0.29) is 11.4 Å². The Morgan fingerprint density at radius 1 is 1.45 bits per heavy atom. The van der Waals surface area contributed by atoms with Crippen LogP contribution in [0.2, 0.25) is 0 Å². The van der Waals surface area contributed by atoms with Gasteiger partial charge in [0.25, 0.3) is 0 Å². The second-order valence-electron chi connectivity index (χ2n) is 4.14. The number of benzene rings is 1. The average molecular weight is 290 g/mol. The molecule has 1 aromatic heterocycles. The van der Waals surface area contributed by atoms with E-state index in [9.17, 15) is 9.90 Å². The van der Waals surface area contributed by atoms with E-state index < -0.39 is 5.97 Å². The largest absolute Gasteiger partial charge is 0.477 e. The number of thioether (sulfide) groups is 1. The first-order chi connectivity index (χ1) is 9.51. The van der Waals surface area contributed by atoms with E-state index in [1.54, 1.807) is 6.07 Å². The normalized spacial score (nSPS) is 10.3. The quantitative estimate of drug-likeness (QED) is 0.452. The lowest BCUT2D eigenvalue weighted by molar-refractivity contribution is 0.0697. The van der Waals surface area contributed by atoms with Crippen LogP contribution >= 0.6 is 11.8 Å². The SMILES string of the molecule is CSc1ncc(C(=O)O)c(Nc2cc(C)ccc2N)n1. The number of carboxylic acid groups (broad SMARTS) is 1. The predicted molar refractivity (Wildman–Crippen MR) is 79.6 cm³/mol. The van der Waals surface area contributed by atoms with Crippen LogP contribution in [0.5, 0.6) is 0 Å². The molecule has 0 amide bonds. The number of hydrogen-bond donors (Lipinski definition) is 3. The van der Waals surface area contributed by atoms with Gasteiger partial charge in [0.05, 0.1) is 11.4 Å². The number of aryl methyl sites for hydroxylation is 1. The second kappa shape index (κ2) is 5.79. The topological polar surface area (TPSA) is 101 Å². The molecule has 1 aromatic carbocycles. The first kappa shape index (κ1) is 14.1. The Morgan fingerprint density at radius 2 is 2.20 bits per heavy atom. The fourth-order valence-electron chi connectivity index (χ4n) is 1.62. The molecule has 0 radical (unpaired) electrons. The van der Waals surface area contributed by atoms with Crippen LogP contribution in [0.15, 0.2) is 29.6 Å². The number of rotatable bonds is 4. The first-order valence-electron chi connectivity index (χ1n) is 5.78. The van der Waals surface area contributed by atoms with Crippen molar-refractivity contribution in [2.24, 2.45) is 0 Å². The van der Waals surface area contributed by atoms with Crippen LogP contribution in [0.1, 0.15) is 15.9 Å². The number of nitrogen functional groups attached to an aromatic ring is 1. The molecule has 0 bridgehead atoms. The highest BCUT2D eigenvalue weighted by atomic mass is 32.2. The fourth-order valence-corrected chi connectivity index (χ4v) is 1.96. The summed E-state index contributed by atoms with van der Waals surface area (Å²) in [5.74, 6) is -0.861. The van der Waals surface area contributed by atoms with Crippen LogP contribution in [-0.2, 0) is 0 Å². The van der Waals surface area contributed by atoms with Crippen LogP contribution in [0, 0.1) is 6.92 Å². The molecule has 0 unspecified atom stereocenters. The van der Waals surface area contributed by atoms with Gasteiger partial charge in [-0.25, -0.2) is 14.8 Å². The number of anilines is 3. The second-order valence-corrected chi connectivity index (χ2v) is 4.91. The third kappa shape index (κ3) is 3.00. The van der Waals surface area contributed by atoms with E-state index >= 15 is 0 Å². The molecule has 2 rings (SSSR count). The molecule has 0 saturated carbocycles. The monoisotopic (exact) mass is 290 g/mol. The molecule has 0 fully saturated rings. The molecule has 2 aromatic rings. The molecule has 0 aliphatic heterocycles. The summed E-state index contributed by atoms with van der Waals surface area (Å²) in [5.41, 5.74) is 8.04. The lowest BCUT2D eigenvalue weighted by atomic mass is 10.2. The summed E-state index contributed by atoms with van der Waals surface area (Å²) >= 11 is 1.33. The van der Waals surface area contributed by atoms with Crippen molar-refractivity contribution in [2.45, 2.75) is 12.1 Å². The number of hydrogen-bond acceptors (Lipinski definition) is 6. The van der Waals surface area contributed by atoms with Crippen molar-refractivity contribution >= 4 is 34.9 Å². The van der Waals surface area contributed by atoms with Gasteiger partial charge in [-0.1, -0.05) is 17.8 Å². The van der Waals surface area contributed by atoms with Crippen molar-refractivity contribution in [3.05, 3.63) is 35.5 Å². The van der Waals surface area contributed by atoms with Gasteiger partial charge >= 0.3 is 5.97 Å². The van der Waals surface area contributed by atoms with Gasteiger partial charge in [-0.15, -0.1) is 0 Å². The Labute approximate surface area is 120 Å². The molecule has 0 atom stereocenters. The molecule has 104 valence electrons. The van der Waals surface area contributed by atoms with E-state index in [2.05, 4.69) is 15.3 Å². The summed E-state index contributed by atoms with van der Waals surface area (Å²) in [7, 11) is 0. The summed E-state index contributed by atoms with van der Waals surface area (Å²) < 4.78 is 0. The van der Waals surface area contributed by atoms with Gasteiger partial charge in [-0.3, -0.25) is 0 Å². The first-order valence-corrected chi connectivity index (χ1v) is 7.01. The van der Waals surface area contributed by atoms with E-state index in [1.165, 1.54) is 18.0 Å². The minimum atomic E-state index is -1.09. The molecular weight excluding hydrogens is 276 g/mol. The highest BCUT2D eigenvalue weighted by Crippen LogP contribution is 2.26. The molecule has 20 heavy (non-hydrogen) atoms. The Hall–Kier alpha value is -2.28. The molecule has 0 saturated heterocycles. The van der Waals surface area contributed by atoms with Gasteiger partial charge < -0.3 is 16.2 Å². The van der Waals surface area contributed by atoms with Gasteiger partial charge in [0.1, 0.15) is 11.4 Å². The maximum Gasteiger partial charge on any atom is 0.341 e. The van der Waals surface area contributed by atoms with Gasteiger partial charge in [-0.05, 0) is 30.9 Å². The van der Waals surface area contributed by atoms with Gasteiger partial charge in [0.15, 0.2) is 5.16 Å². The molecule has 0 aliphatic carbocycles. The molecular formula is C13H14N4O2S. The molecule has 1 heterocycles. The summed E-state index contributed by atoms with van der Waals surface area (Å²) in [4.78, 5) is 19.3. The van der Waals surface area contributed by atoms with E-state index in [0.717, 1.165) is 5.56 Å². The Balaban J connectivity index is 2.45. The molecule has 6 nitrogen and oxygen atoms in total. The standard InChI is InChI=1S/C13H14N4O2S/c1-7-3-4-9(14)10(5-7)16-11-8(12(18)19)6-15-13(17-11)20-2/h3-6H,14H2,1-2H3,(H,18,19)(H,15,16,17). The lowest BCUT2D eigenvalue weighted by Gasteiger charge is -2.12. The Kier molecular flexibility index (Phi) is 4.09. The molecule has 7 heteroatoms. The zero-order valence-electron chi connectivity index (χ0n) is 11.0. The minimum Gasteiger partial charge on any atom is -0.477 e. The summed E-state index contributed by atoms with van der Waals surface area (Å²) in [6.45, 7) is 1.93. The van der Waals surface area contributed by atoms with E-state index in [1.807, 2.05) is 25.3 Å². The van der Waals surface area contributed by atoms with Crippen molar-refractivity contribution in [1.29, 1.82) is 0 Å². The van der Waals surface area contributed by atoms with Crippen LogP contribution < -0.4 is 11.1 Å². The lowest BCUT2D eigenvalue weighted by Crippen LogP contribution is -2.08. The van der Waals surface area contributed by atoms with Crippen LogP contribution in [-0.4, -0.2) is 27.3 Å². The average Bonchev–Trinajstić information content (AvgIpc) is 2.42. The Morgan fingerprint density at radius 3 is 2.85 bits per heavy atom. The minimum absolute atomic E-state index is 0.00343. The van der Waals surface area contributed by atoms with Gasteiger partial charge in [-0.2, -0.15) is 0 Å². The van der Waals surface area contributed by atoms with Gasteiger partial charge in [0, 0.05) is 6.20 Å². The van der Waals surface area contributed by atoms with Crippen LogP contribution in [0.25, 0.3) is 0 Å². The van der Waals surface area contributed by atoms with Crippen molar-refractivity contribution < 1.29 is 9.90 Å². The highest BCUT2D eigenvalue weighted by molar-refractivity contribution is 7.98. The van der Waals surface area contributed by atoms with Crippen LogP contribution in [0.4, 0.5) is 17.2 Å². The fraction of sp³-hybridized carbons (Fsp3) is 0.154. The zero-order chi connectivity index (χ0) is 14.7. The van der Waals surface area contributed by atoms with E-state index in [4.69, 9.17) is 5.73 Å². The smallest absolute Gasteiger partial charge is 0.341 e. The summed E-state index contributed by atoms with van der Waals surface area (Å²) in [6.07, 6.45) is 3.11. The number of nitrogens with one attached hydrogen (secondary N) is 1. The van der Waals surface area contributed by atoms with Crippen LogP contribution in [0.3, 0.4) is 0 Å². The predicted octanol–water partition coefficient (Wildman–Crippen LogP) is 2.53. The summed E-state index contributed by atoms with van der Waals surface area (Å²) in [5, 5.41) is 12.6.